The molecular formula is C14H22FNO. The summed E-state index contributed by atoms with van der Waals surface area (Å²) >= 11 is 0. The van der Waals surface area contributed by atoms with Gasteiger partial charge in [-0.3, -0.25) is 0 Å². The number of ether oxygens (including phenoxy) is 1. The molecule has 1 rings (SSSR count). The van der Waals surface area contributed by atoms with Crippen molar-refractivity contribution >= 4 is 0 Å². The fourth-order valence-electron chi connectivity index (χ4n) is 1.96. The first-order valence-corrected chi connectivity index (χ1v) is 6.23. The molecular weight excluding hydrogens is 217 g/mol. The second-order valence-corrected chi connectivity index (χ2v) is 4.28. The SMILES string of the molecule is CCNC(C)CCCc1cccc(OC)c1F. The van der Waals surface area contributed by atoms with Crippen LogP contribution in [0.4, 0.5) is 4.39 Å². The van der Waals surface area contributed by atoms with Crippen LogP contribution in [-0.4, -0.2) is 19.7 Å². The molecule has 0 heterocycles. The number of halogens is 1. The molecule has 0 amide bonds. The van der Waals surface area contributed by atoms with Gasteiger partial charge < -0.3 is 10.1 Å². The number of nitrogens with one attached hydrogen (secondary N) is 1. The number of aryl methyl sites for hydroxylation is 1. The smallest absolute Gasteiger partial charge is 0.168 e. The van der Waals surface area contributed by atoms with E-state index in [4.69, 9.17) is 4.74 Å². The molecule has 0 saturated heterocycles. The van der Waals surface area contributed by atoms with Crippen LogP contribution >= 0.6 is 0 Å². The molecule has 0 aliphatic heterocycles. The van der Waals surface area contributed by atoms with Crippen molar-refractivity contribution in [1.82, 2.24) is 5.32 Å². The highest BCUT2D eigenvalue weighted by molar-refractivity contribution is 5.31. The van der Waals surface area contributed by atoms with E-state index in [0.717, 1.165) is 31.4 Å². The second kappa shape index (κ2) is 7.28. The maximum absolute atomic E-state index is 13.8. The largest absolute Gasteiger partial charge is 0.494 e. The normalized spacial score (nSPS) is 12.5. The summed E-state index contributed by atoms with van der Waals surface area (Å²) in [4.78, 5) is 0. The highest BCUT2D eigenvalue weighted by Crippen LogP contribution is 2.21. The third kappa shape index (κ3) is 4.35. The van der Waals surface area contributed by atoms with Crippen LogP contribution in [0.3, 0.4) is 0 Å². The fraction of sp³-hybridized carbons (Fsp3) is 0.571. The van der Waals surface area contributed by atoms with Crippen LogP contribution in [0.15, 0.2) is 18.2 Å². The minimum atomic E-state index is -0.217. The van der Waals surface area contributed by atoms with Gasteiger partial charge in [-0.2, -0.15) is 0 Å². The Kier molecular flexibility index (Phi) is 5.98. The van der Waals surface area contributed by atoms with E-state index in [9.17, 15) is 4.39 Å². The van der Waals surface area contributed by atoms with Crippen LogP contribution in [0, 0.1) is 5.82 Å². The molecule has 2 nitrogen and oxygen atoms in total. The van der Waals surface area contributed by atoms with Gasteiger partial charge in [0, 0.05) is 6.04 Å². The molecule has 0 fully saturated rings. The molecule has 3 heteroatoms. The van der Waals surface area contributed by atoms with E-state index >= 15 is 0 Å². The third-order valence-electron chi connectivity index (χ3n) is 2.90. The van der Waals surface area contributed by atoms with Gasteiger partial charge in [0.15, 0.2) is 11.6 Å². The van der Waals surface area contributed by atoms with Gasteiger partial charge in [0.05, 0.1) is 7.11 Å². The van der Waals surface area contributed by atoms with Gasteiger partial charge in [-0.1, -0.05) is 19.1 Å². The van der Waals surface area contributed by atoms with Crippen molar-refractivity contribution in [2.24, 2.45) is 0 Å². The number of rotatable bonds is 7. The van der Waals surface area contributed by atoms with E-state index in [0.29, 0.717) is 11.8 Å². The van der Waals surface area contributed by atoms with Gasteiger partial charge in [-0.15, -0.1) is 0 Å². The summed E-state index contributed by atoms with van der Waals surface area (Å²) in [5.41, 5.74) is 0.744. The lowest BCUT2D eigenvalue weighted by atomic mass is 10.0. The minimum absolute atomic E-state index is 0.217. The quantitative estimate of drug-likeness (QED) is 0.789. The predicted molar refractivity (Wildman–Crippen MR) is 69.0 cm³/mol. The Hall–Kier alpha value is -1.09. The van der Waals surface area contributed by atoms with Crippen molar-refractivity contribution in [1.29, 1.82) is 0 Å². The lowest BCUT2D eigenvalue weighted by molar-refractivity contribution is 0.383. The maximum atomic E-state index is 13.8. The van der Waals surface area contributed by atoms with E-state index in [1.54, 1.807) is 6.07 Å². The number of hydrogen-bond acceptors (Lipinski definition) is 2. The third-order valence-corrected chi connectivity index (χ3v) is 2.90. The highest BCUT2D eigenvalue weighted by atomic mass is 19.1. The van der Waals surface area contributed by atoms with Crippen molar-refractivity contribution in [2.75, 3.05) is 13.7 Å². The molecule has 0 bridgehead atoms. The molecule has 0 radical (unpaired) electrons. The lowest BCUT2D eigenvalue weighted by Gasteiger charge is -2.12. The van der Waals surface area contributed by atoms with Crippen LogP contribution < -0.4 is 10.1 Å². The van der Waals surface area contributed by atoms with E-state index in [-0.39, 0.29) is 5.82 Å². The Balaban J connectivity index is 2.46. The summed E-state index contributed by atoms with van der Waals surface area (Å²) in [5, 5.41) is 3.35. The number of hydrogen-bond donors (Lipinski definition) is 1. The van der Waals surface area contributed by atoms with Crippen molar-refractivity contribution in [3.8, 4) is 5.75 Å². The predicted octanol–water partition coefficient (Wildman–Crippen LogP) is 3.16. The summed E-state index contributed by atoms with van der Waals surface area (Å²) in [6.07, 6.45) is 2.81. The van der Waals surface area contributed by atoms with Gasteiger partial charge in [0.2, 0.25) is 0 Å². The molecule has 0 aliphatic carbocycles. The highest BCUT2D eigenvalue weighted by Gasteiger charge is 2.08. The minimum Gasteiger partial charge on any atom is -0.494 e. The van der Waals surface area contributed by atoms with E-state index < -0.39 is 0 Å². The van der Waals surface area contributed by atoms with Gasteiger partial charge in [0.25, 0.3) is 0 Å². The summed E-state index contributed by atoms with van der Waals surface area (Å²) in [7, 11) is 1.50. The first-order valence-electron chi connectivity index (χ1n) is 6.23. The van der Waals surface area contributed by atoms with Gasteiger partial charge in [-0.25, -0.2) is 4.39 Å². The maximum Gasteiger partial charge on any atom is 0.168 e. The molecule has 1 aromatic carbocycles. The van der Waals surface area contributed by atoms with Crippen LogP contribution in [-0.2, 0) is 6.42 Å². The topological polar surface area (TPSA) is 21.3 Å². The van der Waals surface area contributed by atoms with Gasteiger partial charge in [-0.05, 0) is 44.4 Å². The summed E-state index contributed by atoms with van der Waals surface area (Å²) in [5.74, 6) is 0.119. The van der Waals surface area contributed by atoms with Crippen LogP contribution in [0.1, 0.15) is 32.3 Å². The Morgan fingerprint density at radius 1 is 1.41 bits per heavy atom. The summed E-state index contributed by atoms with van der Waals surface area (Å²) in [6, 6.07) is 5.81. The van der Waals surface area contributed by atoms with Crippen molar-refractivity contribution in [2.45, 2.75) is 39.2 Å². The standard InChI is InChI=1S/C14H22FNO/c1-4-16-11(2)7-5-8-12-9-6-10-13(17-3)14(12)15/h6,9-11,16H,4-5,7-8H2,1-3H3. The summed E-state index contributed by atoms with van der Waals surface area (Å²) < 4.78 is 18.8. The average molecular weight is 239 g/mol. The zero-order valence-corrected chi connectivity index (χ0v) is 10.9. The Bertz CT molecular complexity index is 341. The van der Waals surface area contributed by atoms with E-state index in [1.807, 2.05) is 12.1 Å². The molecule has 1 N–H and O–H groups in total. The first kappa shape index (κ1) is 14.0. The summed E-state index contributed by atoms with van der Waals surface area (Å²) in [6.45, 7) is 5.23. The number of benzene rings is 1. The number of methoxy groups -OCH3 is 1. The molecule has 0 aromatic heterocycles. The second-order valence-electron chi connectivity index (χ2n) is 4.28. The van der Waals surface area contributed by atoms with Crippen LogP contribution in [0.2, 0.25) is 0 Å². The van der Waals surface area contributed by atoms with Crippen LogP contribution in [0.5, 0.6) is 5.75 Å². The first-order chi connectivity index (χ1) is 8.19. The van der Waals surface area contributed by atoms with E-state index in [1.165, 1.54) is 7.11 Å². The van der Waals surface area contributed by atoms with Gasteiger partial charge in [0.1, 0.15) is 0 Å². The van der Waals surface area contributed by atoms with Crippen LogP contribution in [0.25, 0.3) is 0 Å². The Morgan fingerprint density at radius 3 is 2.82 bits per heavy atom. The lowest BCUT2D eigenvalue weighted by Crippen LogP contribution is -2.25. The molecule has 96 valence electrons. The molecule has 0 saturated carbocycles. The van der Waals surface area contributed by atoms with Crippen molar-refractivity contribution < 1.29 is 9.13 Å². The fourth-order valence-corrected chi connectivity index (χ4v) is 1.96. The Labute approximate surface area is 103 Å². The van der Waals surface area contributed by atoms with Crippen molar-refractivity contribution in [3.63, 3.8) is 0 Å². The Morgan fingerprint density at radius 2 is 2.18 bits per heavy atom. The molecule has 1 atom stereocenters. The molecule has 1 aromatic rings. The average Bonchev–Trinajstić information content (AvgIpc) is 2.32. The van der Waals surface area contributed by atoms with E-state index in [2.05, 4.69) is 19.2 Å². The van der Waals surface area contributed by atoms with Crippen molar-refractivity contribution in [3.05, 3.63) is 29.6 Å². The molecule has 1 unspecified atom stereocenters. The zero-order valence-electron chi connectivity index (χ0n) is 10.9. The van der Waals surface area contributed by atoms with Gasteiger partial charge >= 0.3 is 0 Å². The molecule has 17 heavy (non-hydrogen) atoms. The zero-order chi connectivity index (χ0) is 12.7. The molecule has 0 spiro atoms. The monoisotopic (exact) mass is 239 g/mol. The molecule has 0 aliphatic rings.